The minimum Gasteiger partial charge on any atom is -0.486 e. The van der Waals surface area contributed by atoms with Gasteiger partial charge in [-0.25, -0.2) is 4.79 Å². The lowest BCUT2D eigenvalue weighted by Crippen LogP contribution is -2.20. The van der Waals surface area contributed by atoms with Gasteiger partial charge in [0.05, 0.1) is 0 Å². The van der Waals surface area contributed by atoms with Gasteiger partial charge in [-0.3, -0.25) is 4.79 Å². The Hall–Kier alpha value is -3.54. The summed E-state index contributed by atoms with van der Waals surface area (Å²) in [6.07, 6.45) is 0.924. The van der Waals surface area contributed by atoms with E-state index in [-0.39, 0.29) is 12.4 Å². The highest BCUT2D eigenvalue weighted by Crippen LogP contribution is 2.15. The molecule has 6 nitrogen and oxygen atoms in total. The van der Waals surface area contributed by atoms with E-state index >= 15 is 0 Å². The Morgan fingerprint density at radius 1 is 0.964 bits per heavy atom. The van der Waals surface area contributed by atoms with Crippen LogP contribution < -0.4 is 10.1 Å². The van der Waals surface area contributed by atoms with Crippen molar-refractivity contribution >= 4 is 17.6 Å². The standard InChI is InChI=1S/C22H21NO5/c1-2-16-8-10-17(11-9-16)23-21(24)15-27-22(25)20-13-12-19(28-20)14-26-18-6-4-3-5-7-18/h3-13H,2,14-15H2,1H3,(H,23,24). The number of anilines is 1. The van der Waals surface area contributed by atoms with Crippen LogP contribution in [-0.2, 0) is 22.6 Å². The van der Waals surface area contributed by atoms with Crippen LogP contribution in [0, 0.1) is 0 Å². The van der Waals surface area contributed by atoms with Crippen LogP contribution in [0.3, 0.4) is 0 Å². The predicted octanol–water partition coefficient (Wildman–Crippen LogP) is 4.22. The second kappa shape index (κ2) is 9.41. The van der Waals surface area contributed by atoms with Crippen LogP contribution in [0.4, 0.5) is 5.69 Å². The van der Waals surface area contributed by atoms with Crippen molar-refractivity contribution < 1.29 is 23.5 Å². The fourth-order valence-corrected chi connectivity index (χ4v) is 2.46. The molecular weight excluding hydrogens is 358 g/mol. The monoisotopic (exact) mass is 379 g/mol. The van der Waals surface area contributed by atoms with Gasteiger partial charge in [0, 0.05) is 5.69 Å². The summed E-state index contributed by atoms with van der Waals surface area (Å²) in [6.45, 7) is 1.84. The summed E-state index contributed by atoms with van der Waals surface area (Å²) in [5, 5.41) is 2.68. The van der Waals surface area contributed by atoms with E-state index in [1.54, 1.807) is 6.07 Å². The zero-order valence-corrected chi connectivity index (χ0v) is 15.5. The Morgan fingerprint density at radius 2 is 1.71 bits per heavy atom. The molecule has 1 heterocycles. The molecule has 144 valence electrons. The van der Waals surface area contributed by atoms with Gasteiger partial charge in [-0.1, -0.05) is 37.3 Å². The number of hydrogen-bond acceptors (Lipinski definition) is 5. The number of esters is 1. The lowest BCUT2D eigenvalue weighted by molar-refractivity contribution is -0.119. The number of carbonyl (C=O) groups excluding carboxylic acids is 2. The van der Waals surface area contributed by atoms with E-state index in [1.165, 1.54) is 11.6 Å². The van der Waals surface area contributed by atoms with Crippen LogP contribution in [0.25, 0.3) is 0 Å². The average molecular weight is 379 g/mol. The van der Waals surface area contributed by atoms with Gasteiger partial charge in [-0.15, -0.1) is 0 Å². The van der Waals surface area contributed by atoms with Crippen molar-refractivity contribution in [1.29, 1.82) is 0 Å². The molecule has 0 unspecified atom stereocenters. The smallest absolute Gasteiger partial charge is 0.374 e. The van der Waals surface area contributed by atoms with Crippen molar-refractivity contribution in [2.75, 3.05) is 11.9 Å². The Bertz CT molecular complexity index is 916. The van der Waals surface area contributed by atoms with E-state index in [2.05, 4.69) is 12.2 Å². The van der Waals surface area contributed by atoms with Crippen molar-refractivity contribution in [3.05, 3.63) is 83.8 Å². The predicted molar refractivity (Wildman–Crippen MR) is 104 cm³/mol. The van der Waals surface area contributed by atoms with E-state index in [9.17, 15) is 9.59 Å². The first-order chi connectivity index (χ1) is 13.6. The summed E-state index contributed by atoms with van der Waals surface area (Å²) >= 11 is 0. The van der Waals surface area contributed by atoms with E-state index in [0.29, 0.717) is 17.2 Å². The van der Waals surface area contributed by atoms with Crippen LogP contribution in [-0.4, -0.2) is 18.5 Å². The lowest BCUT2D eigenvalue weighted by atomic mass is 10.1. The zero-order valence-electron chi connectivity index (χ0n) is 15.5. The van der Waals surface area contributed by atoms with Gasteiger partial charge in [-0.2, -0.15) is 0 Å². The Balaban J connectivity index is 1.45. The van der Waals surface area contributed by atoms with Crippen molar-refractivity contribution in [2.24, 2.45) is 0 Å². The number of furan rings is 1. The third kappa shape index (κ3) is 5.48. The molecule has 1 N–H and O–H groups in total. The number of benzene rings is 2. The van der Waals surface area contributed by atoms with Crippen molar-refractivity contribution in [1.82, 2.24) is 0 Å². The third-order valence-corrected chi connectivity index (χ3v) is 3.97. The first-order valence-corrected chi connectivity index (χ1v) is 8.96. The summed E-state index contributed by atoms with van der Waals surface area (Å²) in [5.41, 5.74) is 1.82. The summed E-state index contributed by atoms with van der Waals surface area (Å²) in [5.74, 6) is 0.0777. The number of para-hydroxylation sites is 1. The Kier molecular flexibility index (Phi) is 6.46. The molecule has 0 saturated carbocycles. The fraction of sp³-hybridized carbons (Fsp3) is 0.182. The maximum absolute atomic E-state index is 12.0. The SMILES string of the molecule is CCc1ccc(NC(=O)COC(=O)c2ccc(COc3ccccc3)o2)cc1. The number of nitrogens with one attached hydrogen (secondary N) is 1. The molecule has 1 amide bonds. The van der Waals surface area contributed by atoms with E-state index in [1.807, 2.05) is 54.6 Å². The van der Waals surface area contributed by atoms with E-state index in [4.69, 9.17) is 13.9 Å². The number of ether oxygens (including phenoxy) is 2. The quantitative estimate of drug-likeness (QED) is 0.593. The first kappa shape index (κ1) is 19.2. The molecule has 28 heavy (non-hydrogen) atoms. The third-order valence-electron chi connectivity index (χ3n) is 3.97. The van der Waals surface area contributed by atoms with Crippen LogP contribution >= 0.6 is 0 Å². The molecule has 0 radical (unpaired) electrons. The average Bonchev–Trinajstić information content (AvgIpc) is 3.21. The summed E-state index contributed by atoms with van der Waals surface area (Å²) in [6, 6.07) is 19.9. The largest absolute Gasteiger partial charge is 0.486 e. The van der Waals surface area contributed by atoms with Crippen molar-refractivity contribution in [3.8, 4) is 5.75 Å². The topological polar surface area (TPSA) is 77.8 Å². The first-order valence-electron chi connectivity index (χ1n) is 8.96. The van der Waals surface area contributed by atoms with E-state index < -0.39 is 18.5 Å². The summed E-state index contributed by atoms with van der Waals surface area (Å²) in [7, 11) is 0. The molecule has 3 aromatic rings. The molecule has 0 atom stereocenters. The normalized spacial score (nSPS) is 10.3. The number of rotatable bonds is 8. The number of carbonyl (C=O) groups is 2. The summed E-state index contributed by atoms with van der Waals surface area (Å²) in [4.78, 5) is 24.0. The van der Waals surface area contributed by atoms with Gasteiger partial charge >= 0.3 is 5.97 Å². The second-order valence-corrected chi connectivity index (χ2v) is 6.04. The van der Waals surface area contributed by atoms with E-state index in [0.717, 1.165) is 6.42 Å². The number of aryl methyl sites for hydroxylation is 1. The lowest BCUT2D eigenvalue weighted by Gasteiger charge is -2.06. The fourth-order valence-electron chi connectivity index (χ4n) is 2.46. The van der Waals surface area contributed by atoms with Crippen LogP contribution in [0.2, 0.25) is 0 Å². The van der Waals surface area contributed by atoms with Crippen molar-refractivity contribution in [3.63, 3.8) is 0 Å². The zero-order chi connectivity index (χ0) is 19.8. The second-order valence-electron chi connectivity index (χ2n) is 6.04. The number of amides is 1. The van der Waals surface area contributed by atoms with Gasteiger partial charge < -0.3 is 19.2 Å². The van der Waals surface area contributed by atoms with Gasteiger partial charge in [-0.05, 0) is 48.4 Å². The molecule has 6 heteroatoms. The summed E-state index contributed by atoms with van der Waals surface area (Å²) < 4.78 is 16.0. The minimum absolute atomic E-state index is 0.0201. The molecule has 0 spiro atoms. The molecule has 0 aliphatic carbocycles. The molecule has 0 aliphatic heterocycles. The molecule has 2 aromatic carbocycles. The van der Waals surface area contributed by atoms with Gasteiger partial charge in [0.15, 0.2) is 6.61 Å². The van der Waals surface area contributed by atoms with Gasteiger partial charge in [0.2, 0.25) is 5.76 Å². The maximum atomic E-state index is 12.0. The Labute approximate surface area is 163 Å². The molecule has 3 rings (SSSR count). The van der Waals surface area contributed by atoms with Crippen LogP contribution in [0.15, 0.2) is 71.1 Å². The molecule has 0 saturated heterocycles. The van der Waals surface area contributed by atoms with Gasteiger partial charge in [0.1, 0.15) is 18.1 Å². The highest BCUT2D eigenvalue weighted by atomic mass is 16.6. The van der Waals surface area contributed by atoms with Gasteiger partial charge in [0.25, 0.3) is 5.91 Å². The number of hydrogen-bond donors (Lipinski definition) is 1. The van der Waals surface area contributed by atoms with Crippen LogP contribution in [0.5, 0.6) is 5.75 Å². The molecular formula is C22H21NO5. The highest BCUT2D eigenvalue weighted by Gasteiger charge is 2.15. The molecule has 0 aliphatic rings. The minimum atomic E-state index is -0.706. The highest BCUT2D eigenvalue weighted by molar-refractivity contribution is 5.94. The van der Waals surface area contributed by atoms with Crippen LogP contribution in [0.1, 0.15) is 28.8 Å². The maximum Gasteiger partial charge on any atom is 0.374 e. The van der Waals surface area contributed by atoms with Crippen molar-refractivity contribution in [2.45, 2.75) is 20.0 Å². The molecule has 0 fully saturated rings. The molecule has 0 bridgehead atoms. The molecule has 1 aromatic heterocycles. The Morgan fingerprint density at radius 3 is 2.43 bits per heavy atom.